The van der Waals surface area contributed by atoms with Gasteiger partial charge < -0.3 is 19.3 Å². The van der Waals surface area contributed by atoms with Gasteiger partial charge in [0.25, 0.3) is 0 Å². The molecule has 114 valence electrons. The number of carboxylic acid groups (broad SMARTS) is 1. The van der Waals surface area contributed by atoms with Crippen molar-refractivity contribution in [3.05, 3.63) is 23.8 Å². The number of esters is 1. The van der Waals surface area contributed by atoms with Gasteiger partial charge in [-0.25, -0.2) is 0 Å². The maximum Gasteiger partial charge on any atom is 0.311 e. The Bertz CT molecular complexity index is 539. The fraction of sp³-hybridized carbons (Fsp3) is 0.467. The first-order valence-electron chi connectivity index (χ1n) is 6.79. The molecule has 21 heavy (non-hydrogen) atoms. The zero-order chi connectivity index (χ0) is 15.4. The van der Waals surface area contributed by atoms with Crippen molar-refractivity contribution >= 4 is 11.9 Å². The highest BCUT2D eigenvalue weighted by atomic mass is 16.6. The molecule has 0 aromatic heterocycles. The summed E-state index contributed by atoms with van der Waals surface area (Å²) < 4.78 is 15.9. The third kappa shape index (κ3) is 3.26. The third-order valence-corrected chi connectivity index (χ3v) is 3.31. The second kappa shape index (κ2) is 6.47. The molecule has 2 atom stereocenters. The number of carbonyl (C=O) groups excluding carboxylic acids is 1. The van der Waals surface area contributed by atoms with Gasteiger partial charge in [-0.2, -0.15) is 0 Å². The number of rotatable bonds is 6. The molecule has 6 heteroatoms. The third-order valence-electron chi connectivity index (χ3n) is 3.31. The fourth-order valence-electron chi connectivity index (χ4n) is 2.27. The summed E-state index contributed by atoms with van der Waals surface area (Å²) in [7, 11) is 1.51. The van der Waals surface area contributed by atoms with E-state index in [9.17, 15) is 14.7 Å². The van der Waals surface area contributed by atoms with Crippen molar-refractivity contribution in [3.8, 4) is 11.5 Å². The van der Waals surface area contributed by atoms with Gasteiger partial charge in [0.2, 0.25) is 0 Å². The van der Waals surface area contributed by atoms with E-state index in [0.29, 0.717) is 23.7 Å². The predicted molar refractivity (Wildman–Crippen MR) is 73.4 cm³/mol. The molecule has 1 aromatic rings. The van der Waals surface area contributed by atoms with Crippen molar-refractivity contribution in [1.82, 2.24) is 0 Å². The molecule has 1 saturated heterocycles. The molecule has 0 saturated carbocycles. The van der Waals surface area contributed by atoms with Gasteiger partial charge in [0.1, 0.15) is 12.0 Å². The SMILES string of the molecule is CCCOc1ccc([C@H]2OC(=O)C[C@H]2C(=O)O)cc1OC. The van der Waals surface area contributed by atoms with Crippen LogP contribution in [-0.2, 0) is 14.3 Å². The molecule has 1 aliphatic rings. The molecule has 2 rings (SSSR count). The average Bonchev–Trinajstić information content (AvgIpc) is 2.87. The highest BCUT2D eigenvalue weighted by Gasteiger charge is 2.41. The monoisotopic (exact) mass is 294 g/mol. The highest BCUT2D eigenvalue weighted by molar-refractivity contribution is 5.82. The minimum absolute atomic E-state index is 0.115. The molecule has 0 spiro atoms. The van der Waals surface area contributed by atoms with Crippen molar-refractivity contribution in [2.75, 3.05) is 13.7 Å². The lowest BCUT2D eigenvalue weighted by Gasteiger charge is -2.17. The van der Waals surface area contributed by atoms with E-state index in [0.717, 1.165) is 6.42 Å². The van der Waals surface area contributed by atoms with Crippen molar-refractivity contribution in [1.29, 1.82) is 0 Å². The first-order valence-corrected chi connectivity index (χ1v) is 6.79. The molecule has 1 aromatic carbocycles. The van der Waals surface area contributed by atoms with E-state index < -0.39 is 24.0 Å². The number of aliphatic carboxylic acids is 1. The van der Waals surface area contributed by atoms with E-state index >= 15 is 0 Å². The predicted octanol–water partition coefficient (Wildman–Crippen LogP) is 2.17. The van der Waals surface area contributed by atoms with Crippen LogP contribution in [0.25, 0.3) is 0 Å². The Hall–Kier alpha value is -2.24. The average molecular weight is 294 g/mol. The minimum Gasteiger partial charge on any atom is -0.493 e. The van der Waals surface area contributed by atoms with Crippen molar-refractivity contribution < 1.29 is 28.9 Å². The van der Waals surface area contributed by atoms with E-state index in [1.54, 1.807) is 18.2 Å². The molecule has 1 N–H and O–H groups in total. The van der Waals surface area contributed by atoms with Crippen LogP contribution < -0.4 is 9.47 Å². The Morgan fingerprint density at radius 1 is 1.43 bits per heavy atom. The van der Waals surface area contributed by atoms with Gasteiger partial charge in [0, 0.05) is 0 Å². The van der Waals surface area contributed by atoms with E-state index in [4.69, 9.17) is 14.2 Å². The number of methoxy groups -OCH3 is 1. The Morgan fingerprint density at radius 2 is 2.19 bits per heavy atom. The molecule has 6 nitrogen and oxygen atoms in total. The van der Waals surface area contributed by atoms with E-state index in [1.807, 2.05) is 6.92 Å². The first kappa shape index (κ1) is 15.2. The lowest BCUT2D eigenvalue weighted by molar-refractivity contribution is -0.144. The second-order valence-corrected chi connectivity index (χ2v) is 4.82. The zero-order valence-electron chi connectivity index (χ0n) is 12.0. The summed E-state index contributed by atoms with van der Waals surface area (Å²) in [6, 6.07) is 5.06. The first-order chi connectivity index (χ1) is 10.1. The molecule has 0 aliphatic carbocycles. The Balaban J connectivity index is 2.27. The summed E-state index contributed by atoms with van der Waals surface area (Å²) in [5, 5.41) is 9.17. The van der Waals surface area contributed by atoms with Crippen LogP contribution in [0.2, 0.25) is 0 Å². The van der Waals surface area contributed by atoms with E-state index in [1.165, 1.54) is 7.11 Å². The van der Waals surface area contributed by atoms with Crippen LogP contribution in [0.5, 0.6) is 11.5 Å². The molecule has 1 aliphatic heterocycles. The lowest BCUT2D eigenvalue weighted by Crippen LogP contribution is -2.17. The van der Waals surface area contributed by atoms with Crippen LogP contribution in [0.1, 0.15) is 31.4 Å². The van der Waals surface area contributed by atoms with Crippen LogP contribution in [0.15, 0.2) is 18.2 Å². The van der Waals surface area contributed by atoms with Crippen LogP contribution >= 0.6 is 0 Å². The summed E-state index contributed by atoms with van der Waals surface area (Å²) >= 11 is 0. The number of hydrogen-bond acceptors (Lipinski definition) is 5. The summed E-state index contributed by atoms with van der Waals surface area (Å²) in [6.45, 7) is 2.56. The second-order valence-electron chi connectivity index (χ2n) is 4.82. The molecule has 1 heterocycles. The van der Waals surface area contributed by atoms with Gasteiger partial charge in [0.15, 0.2) is 11.5 Å². The smallest absolute Gasteiger partial charge is 0.311 e. The Morgan fingerprint density at radius 3 is 2.81 bits per heavy atom. The Kier molecular flexibility index (Phi) is 4.67. The van der Waals surface area contributed by atoms with Gasteiger partial charge in [-0.3, -0.25) is 9.59 Å². The molecule has 0 amide bonds. The van der Waals surface area contributed by atoms with Crippen LogP contribution in [0.4, 0.5) is 0 Å². The lowest BCUT2D eigenvalue weighted by atomic mass is 9.95. The molecule has 0 bridgehead atoms. The quantitative estimate of drug-likeness (QED) is 0.810. The minimum atomic E-state index is -1.05. The largest absolute Gasteiger partial charge is 0.493 e. The van der Waals surface area contributed by atoms with Crippen molar-refractivity contribution in [3.63, 3.8) is 0 Å². The van der Waals surface area contributed by atoms with Crippen LogP contribution in [0, 0.1) is 5.92 Å². The standard InChI is InChI=1S/C15H18O6/c1-3-6-20-11-5-4-9(7-12(11)19-2)14-10(15(17)18)8-13(16)21-14/h4-5,7,10,14H,3,6,8H2,1-2H3,(H,17,18)/t10-,14-/m1/s1. The van der Waals surface area contributed by atoms with Gasteiger partial charge in [-0.05, 0) is 24.1 Å². The maximum atomic E-state index is 11.4. The van der Waals surface area contributed by atoms with Crippen molar-refractivity contribution in [2.24, 2.45) is 5.92 Å². The number of hydrogen-bond donors (Lipinski definition) is 1. The molecular formula is C15H18O6. The number of benzene rings is 1. The topological polar surface area (TPSA) is 82.1 Å². The zero-order valence-corrected chi connectivity index (χ0v) is 12.0. The summed E-state index contributed by atoms with van der Waals surface area (Å²) in [5.41, 5.74) is 0.592. The number of cyclic esters (lactones) is 1. The van der Waals surface area contributed by atoms with Gasteiger partial charge in [-0.15, -0.1) is 0 Å². The van der Waals surface area contributed by atoms with E-state index in [2.05, 4.69) is 0 Å². The molecule has 0 unspecified atom stereocenters. The van der Waals surface area contributed by atoms with Gasteiger partial charge >= 0.3 is 11.9 Å². The van der Waals surface area contributed by atoms with Crippen molar-refractivity contribution in [2.45, 2.75) is 25.9 Å². The molecular weight excluding hydrogens is 276 g/mol. The van der Waals surface area contributed by atoms with Gasteiger partial charge in [0.05, 0.1) is 20.1 Å². The number of carbonyl (C=O) groups is 2. The van der Waals surface area contributed by atoms with Gasteiger partial charge in [-0.1, -0.05) is 13.0 Å². The van der Waals surface area contributed by atoms with E-state index in [-0.39, 0.29) is 6.42 Å². The maximum absolute atomic E-state index is 11.4. The fourth-order valence-corrected chi connectivity index (χ4v) is 2.27. The Labute approximate surface area is 122 Å². The van der Waals surface area contributed by atoms with Crippen LogP contribution in [0.3, 0.4) is 0 Å². The summed E-state index contributed by atoms with van der Waals surface area (Å²) in [5.74, 6) is -1.34. The summed E-state index contributed by atoms with van der Waals surface area (Å²) in [6.07, 6.45) is -0.0352. The number of carboxylic acids is 1. The summed E-state index contributed by atoms with van der Waals surface area (Å²) in [4.78, 5) is 22.6. The van der Waals surface area contributed by atoms with Crippen LogP contribution in [-0.4, -0.2) is 30.8 Å². The molecule has 0 radical (unpaired) electrons. The molecule has 1 fully saturated rings. The highest BCUT2D eigenvalue weighted by Crippen LogP contribution is 2.39. The normalized spacial score (nSPS) is 21.0. The number of ether oxygens (including phenoxy) is 3.